The second-order valence-corrected chi connectivity index (χ2v) is 6.45. The largest absolute Gasteiger partial charge is 0.492 e. The van der Waals surface area contributed by atoms with Crippen LogP contribution in [0.15, 0.2) is 48.5 Å². The fourth-order valence-corrected chi connectivity index (χ4v) is 3.09. The Balaban J connectivity index is 1.51. The SMILES string of the molecule is CCOc1ccccc1N1CCN(C(=O)COc2ccc(Cl)cc2)CC1. The van der Waals surface area contributed by atoms with Crippen LogP contribution in [-0.2, 0) is 4.79 Å². The highest BCUT2D eigenvalue weighted by molar-refractivity contribution is 6.30. The van der Waals surface area contributed by atoms with Crippen molar-refractivity contribution in [2.75, 3.05) is 44.3 Å². The number of benzene rings is 2. The summed E-state index contributed by atoms with van der Waals surface area (Å²) < 4.78 is 11.3. The van der Waals surface area contributed by atoms with E-state index in [1.165, 1.54) is 0 Å². The molecule has 1 aliphatic rings. The van der Waals surface area contributed by atoms with Crippen molar-refractivity contribution in [1.82, 2.24) is 4.90 Å². The predicted molar refractivity (Wildman–Crippen MR) is 103 cm³/mol. The van der Waals surface area contributed by atoms with Crippen LogP contribution in [0.3, 0.4) is 0 Å². The number of carbonyl (C=O) groups excluding carboxylic acids is 1. The number of para-hydroxylation sites is 2. The van der Waals surface area contributed by atoms with E-state index in [0.29, 0.717) is 30.5 Å². The van der Waals surface area contributed by atoms with Crippen molar-refractivity contribution in [3.8, 4) is 11.5 Å². The number of ether oxygens (including phenoxy) is 2. The minimum atomic E-state index is -0.00214. The Morgan fingerprint density at radius 2 is 1.69 bits per heavy atom. The zero-order chi connectivity index (χ0) is 18.4. The molecule has 138 valence electrons. The maximum absolute atomic E-state index is 12.4. The lowest BCUT2D eigenvalue weighted by molar-refractivity contribution is -0.133. The molecule has 0 spiro atoms. The molecule has 0 bridgehead atoms. The Morgan fingerprint density at radius 3 is 2.38 bits per heavy atom. The van der Waals surface area contributed by atoms with E-state index in [4.69, 9.17) is 21.1 Å². The predicted octanol–water partition coefficient (Wildman–Crippen LogP) is 3.47. The molecule has 0 aromatic heterocycles. The first kappa shape index (κ1) is 18.4. The summed E-state index contributed by atoms with van der Waals surface area (Å²) in [5.41, 5.74) is 1.08. The zero-order valence-corrected chi connectivity index (χ0v) is 15.6. The second kappa shape index (κ2) is 8.81. The molecule has 2 aromatic carbocycles. The van der Waals surface area contributed by atoms with Gasteiger partial charge in [-0.3, -0.25) is 4.79 Å². The molecule has 1 saturated heterocycles. The molecule has 6 heteroatoms. The molecule has 1 amide bonds. The Labute approximate surface area is 159 Å². The summed E-state index contributed by atoms with van der Waals surface area (Å²) >= 11 is 5.85. The molecule has 0 saturated carbocycles. The van der Waals surface area contributed by atoms with Gasteiger partial charge in [0.1, 0.15) is 11.5 Å². The molecule has 1 aliphatic heterocycles. The van der Waals surface area contributed by atoms with Crippen molar-refractivity contribution in [1.29, 1.82) is 0 Å². The van der Waals surface area contributed by atoms with Crippen LogP contribution in [0, 0.1) is 0 Å². The fourth-order valence-electron chi connectivity index (χ4n) is 2.96. The van der Waals surface area contributed by atoms with Crippen LogP contribution in [-0.4, -0.2) is 50.2 Å². The topological polar surface area (TPSA) is 42.0 Å². The van der Waals surface area contributed by atoms with Gasteiger partial charge in [0.2, 0.25) is 0 Å². The molecule has 0 unspecified atom stereocenters. The van der Waals surface area contributed by atoms with Crippen molar-refractivity contribution in [2.24, 2.45) is 0 Å². The first-order valence-corrected chi connectivity index (χ1v) is 9.18. The lowest BCUT2D eigenvalue weighted by atomic mass is 10.2. The molecular weight excluding hydrogens is 352 g/mol. The van der Waals surface area contributed by atoms with E-state index in [2.05, 4.69) is 11.0 Å². The maximum Gasteiger partial charge on any atom is 0.260 e. The number of carbonyl (C=O) groups is 1. The molecule has 1 heterocycles. The zero-order valence-electron chi connectivity index (χ0n) is 14.9. The van der Waals surface area contributed by atoms with Gasteiger partial charge in [0.05, 0.1) is 12.3 Å². The van der Waals surface area contributed by atoms with E-state index < -0.39 is 0 Å². The van der Waals surface area contributed by atoms with Crippen molar-refractivity contribution >= 4 is 23.2 Å². The Hall–Kier alpha value is -2.40. The normalized spacial score (nSPS) is 14.2. The van der Waals surface area contributed by atoms with Crippen molar-refractivity contribution in [3.63, 3.8) is 0 Å². The number of amides is 1. The Kier molecular flexibility index (Phi) is 6.23. The van der Waals surface area contributed by atoms with Gasteiger partial charge >= 0.3 is 0 Å². The summed E-state index contributed by atoms with van der Waals surface area (Å²) in [6, 6.07) is 15.0. The third kappa shape index (κ3) is 4.61. The van der Waals surface area contributed by atoms with Crippen LogP contribution in [0.4, 0.5) is 5.69 Å². The van der Waals surface area contributed by atoms with Gasteiger partial charge < -0.3 is 19.3 Å². The number of halogens is 1. The van der Waals surface area contributed by atoms with Gasteiger partial charge in [-0.15, -0.1) is 0 Å². The smallest absolute Gasteiger partial charge is 0.260 e. The Morgan fingerprint density at radius 1 is 1.00 bits per heavy atom. The lowest BCUT2D eigenvalue weighted by Crippen LogP contribution is -2.50. The quantitative estimate of drug-likeness (QED) is 0.776. The molecule has 1 fully saturated rings. The van der Waals surface area contributed by atoms with E-state index in [9.17, 15) is 4.79 Å². The van der Waals surface area contributed by atoms with Gasteiger partial charge in [0.25, 0.3) is 5.91 Å². The van der Waals surface area contributed by atoms with Crippen LogP contribution < -0.4 is 14.4 Å². The van der Waals surface area contributed by atoms with Crippen LogP contribution in [0.1, 0.15) is 6.92 Å². The van der Waals surface area contributed by atoms with Gasteiger partial charge in [-0.25, -0.2) is 0 Å². The lowest BCUT2D eigenvalue weighted by Gasteiger charge is -2.36. The number of anilines is 1. The van der Waals surface area contributed by atoms with Crippen LogP contribution in [0.25, 0.3) is 0 Å². The average molecular weight is 375 g/mol. The molecule has 2 aromatic rings. The number of piperazine rings is 1. The Bertz CT molecular complexity index is 728. The standard InChI is InChI=1S/C20H23ClN2O3/c1-2-25-19-6-4-3-5-18(19)22-11-13-23(14-12-22)20(24)15-26-17-9-7-16(21)8-10-17/h3-10H,2,11-15H2,1H3. The number of rotatable bonds is 6. The molecule has 0 N–H and O–H groups in total. The molecule has 26 heavy (non-hydrogen) atoms. The summed E-state index contributed by atoms with van der Waals surface area (Å²) in [7, 11) is 0. The van der Waals surface area contributed by atoms with E-state index >= 15 is 0 Å². The summed E-state index contributed by atoms with van der Waals surface area (Å²) in [5, 5.41) is 0.645. The first-order valence-electron chi connectivity index (χ1n) is 8.80. The average Bonchev–Trinajstić information content (AvgIpc) is 2.68. The molecular formula is C20H23ClN2O3. The second-order valence-electron chi connectivity index (χ2n) is 6.01. The van der Waals surface area contributed by atoms with E-state index in [0.717, 1.165) is 24.5 Å². The minimum Gasteiger partial charge on any atom is -0.492 e. The van der Waals surface area contributed by atoms with Crippen LogP contribution in [0.5, 0.6) is 11.5 Å². The summed E-state index contributed by atoms with van der Waals surface area (Å²) in [6.07, 6.45) is 0. The third-order valence-electron chi connectivity index (χ3n) is 4.31. The monoisotopic (exact) mass is 374 g/mol. The van der Waals surface area contributed by atoms with E-state index in [1.54, 1.807) is 24.3 Å². The van der Waals surface area contributed by atoms with E-state index in [-0.39, 0.29) is 12.5 Å². The van der Waals surface area contributed by atoms with Crippen LogP contribution >= 0.6 is 11.6 Å². The highest BCUT2D eigenvalue weighted by atomic mass is 35.5. The van der Waals surface area contributed by atoms with Crippen molar-refractivity contribution < 1.29 is 14.3 Å². The molecule has 3 rings (SSSR count). The fraction of sp³-hybridized carbons (Fsp3) is 0.350. The third-order valence-corrected chi connectivity index (χ3v) is 4.57. The van der Waals surface area contributed by atoms with Crippen LogP contribution in [0.2, 0.25) is 5.02 Å². The molecule has 0 radical (unpaired) electrons. The molecule has 0 atom stereocenters. The number of nitrogens with zero attached hydrogens (tertiary/aromatic N) is 2. The minimum absolute atomic E-state index is 0.00214. The van der Waals surface area contributed by atoms with E-state index in [1.807, 2.05) is 30.0 Å². The number of hydrogen-bond acceptors (Lipinski definition) is 4. The highest BCUT2D eigenvalue weighted by Gasteiger charge is 2.23. The van der Waals surface area contributed by atoms with Gasteiger partial charge in [0.15, 0.2) is 6.61 Å². The highest BCUT2D eigenvalue weighted by Crippen LogP contribution is 2.28. The summed E-state index contributed by atoms with van der Waals surface area (Å²) in [6.45, 7) is 5.54. The maximum atomic E-state index is 12.4. The summed E-state index contributed by atoms with van der Waals surface area (Å²) in [4.78, 5) is 16.5. The van der Waals surface area contributed by atoms with Crippen molar-refractivity contribution in [3.05, 3.63) is 53.6 Å². The number of hydrogen-bond donors (Lipinski definition) is 0. The van der Waals surface area contributed by atoms with Crippen molar-refractivity contribution in [2.45, 2.75) is 6.92 Å². The summed E-state index contributed by atoms with van der Waals surface area (Å²) in [5.74, 6) is 1.53. The van der Waals surface area contributed by atoms with Gasteiger partial charge in [-0.2, -0.15) is 0 Å². The molecule has 0 aliphatic carbocycles. The first-order chi connectivity index (χ1) is 12.7. The van der Waals surface area contributed by atoms with Gasteiger partial charge in [-0.1, -0.05) is 23.7 Å². The van der Waals surface area contributed by atoms with Gasteiger partial charge in [-0.05, 0) is 43.3 Å². The van der Waals surface area contributed by atoms with Gasteiger partial charge in [0, 0.05) is 31.2 Å². The molecule has 5 nitrogen and oxygen atoms in total.